The first-order valence-corrected chi connectivity index (χ1v) is 6.19. The van der Waals surface area contributed by atoms with Crippen LogP contribution in [0.15, 0.2) is 22.9 Å². The van der Waals surface area contributed by atoms with E-state index in [2.05, 4.69) is 17.9 Å². The number of hydrogen-bond donors (Lipinski definition) is 1. The molecule has 0 unspecified atom stereocenters. The van der Waals surface area contributed by atoms with Crippen molar-refractivity contribution in [2.45, 2.75) is 39.0 Å². The van der Waals surface area contributed by atoms with Crippen molar-refractivity contribution in [2.24, 2.45) is 5.73 Å². The minimum absolute atomic E-state index is 1.06. The van der Waals surface area contributed by atoms with Gasteiger partial charge < -0.3 is 5.73 Å². The molecule has 1 aliphatic carbocycles. The molecule has 2 heteroatoms. The largest absolute Gasteiger partial charge is 0.402 e. The Hall–Kier alpha value is -0.760. The maximum Gasteiger partial charge on any atom is 0.0233 e. The lowest BCUT2D eigenvalue weighted by molar-refractivity contribution is 0.369. The molecule has 0 aromatic rings. The lowest BCUT2D eigenvalue weighted by Gasteiger charge is -2.22. The van der Waals surface area contributed by atoms with Crippen LogP contribution in [0.1, 0.15) is 39.0 Å². The number of nitrogens with zero attached hydrogens (tertiary/aromatic N) is 1. The summed E-state index contributed by atoms with van der Waals surface area (Å²) in [5, 5.41) is 0. The normalized spacial score (nSPS) is 23.4. The third-order valence-electron chi connectivity index (χ3n) is 3.55. The van der Waals surface area contributed by atoms with Gasteiger partial charge in [-0.2, -0.15) is 0 Å². The van der Waals surface area contributed by atoms with Gasteiger partial charge >= 0.3 is 0 Å². The molecule has 2 rings (SSSR count). The van der Waals surface area contributed by atoms with Crippen molar-refractivity contribution in [1.82, 2.24) is 4.90 Å². The second-order valence-electron chi connectivity index (χ2n) is 4.68. The molecule has 1 heterocycles. The van der Waals surface area contributed by atoms with E-state index in [1.54, 1.807) is 5.57 Å². The smallest absolute Gasteiger partial charge is 0.0233 e. The Morgan fingerprint density at radius 3 is 2.67 bits per heavy atom. The quantitative estimate of drug-likeness (QED) is 0.768. The predicted molar refractivity (Wildman–Crippen MR) is 64.5 cm³/mol. The van der Waals surface area contributed by atoms with Crippen LogP contribution in [0.4, 0.5) is 0 Å². The molecule has 1 saturated heterocycles. The Bertz CT molecular complexity index is 283. The van der Waals surface area contributed by atoms with E-state index in [9.17, 15) is 0 Å². The topological polar surface area (TPSA) is 29.3 Å². The lowest BCUT2D eigenvalue weighted by atomic mass is 9.93. The van der Waals surface area contributed by atoms with E-state index in [-0.39, 0.29) is 0 Å². The van der Waals surface area contributed by atoms with Gasteiger partial charge in [-0.05, 0) is 56.8 Å². The first-order valence-electron chi connectivity index (χ1n) is 6.19. The highest BCUT2D eigenvalue weighted by molar-refractivity contribution is 5.33. The van der Waals surface area contributed by atoms with E-state index >= 15 is 0 Å². The van der Waals surface area contributed by atoms with Gasteiger partial charge in [-0.1, -0.05) is 12.5 Å². The van der Waals surface area contributed by atoms with Gasteiger partial charge in [0.05, 0.1) is 0 Å². The number of allylic oxidation sites excluding steroid dienone is 2. The molecular weight excluding hydrogens is 184 g/mol. The van der Waals surface area contributed by atoms with Crippen molar-refractivity contribution in [3.05, 3.63) is 22.9 Å². The van der Waals surface area contributed by atoms with Crippen LogP contribution in [0, 0.1) is 0 Å². The first-order chi connectivity index (χ1) is 7.29. The number of rotatable bonds is 3. The monoisotopic (exact) mass is 206 g/mol. The standard InChI is InChI=1S/C13H22N2/c1-2-11-5-6-13(14)9-12(11)10-15-7-3-4-8-15/h9H,2-8,10,14H2,1H3. The molecule has 15 heavy (non-hydrogen) atoms. The number of hydrogen-bond acceptors (Lipinski definition) is 2. The molecule has 0 aromatic carbocycles. The van der Waals surface area contributed by atoms with E-state index in [1.807, 2.05) is 0 Å². The Morgan fingerprint density at radius 1 is 1.27 bits per heavy atom. The molecular formula is C13H22N2. The SMILES string of the molecule is CCC1=C(CN2CCCC2)C=C(N)CC1. The highest BCUT2D eigenvalue weighted by atomic mass is 15.1. The fourth-order valence-electron chi connectivity index (χ4n) is 2.60. The molecule has 0 spiro atoms. The van der Waals surface area contributed by atoms with Crippen molar-refractivity contribution in [3.8, 4) is 0 Å². The van der Waals surface area contributed by atoms with E-state index in [4.69, 9.17) is 5.73 Å². The van der Waals surface area contributed by atoms with Gasteiger partial charge in [0.15, 0.2) is 0 Å². The minimum atomic E-state index is 1.06. The summed E-state index contributed by atoms with van der Waals surface area (Å²) in [6, 6.07) is 0. The average molecular weight is 206 g/mol. The van der Waals surface area contributed by atoms with Crippen molar-refractivity contribution in [1.29, 1.82) is 0 Å². The summed E-state index contributed by atoms with van der Waals surface area (Å²) in [5.41, 5.74) is 10.1. The first kappa shape index (κ1) is 10.7. The summed E-state index contributed by atoms with van der Waals surface area (Å²) < 4.78 is 0. The zero-order valence-electron chi connectivity index (χ0n) is 9.76. The maximum atomic E-state index is 5.92. The van der Waals surface area contributed by atoms with Crippen molar-refractivity contribution in [3.63, 3.8) is 0 Å². The van der Waals surface area contributed by atoms with Crippen LogP contribution >= 0.6 is 0 Å². The number of nitrogens with two attached hydrogens (primary N) is 1. The molecule has 0 amide bonds. The lowest BCUT2D eigenvalue weighted by Crippen LogP contribution is -2.23. The van der Waals surface area contributed by atoms with Crippen molar-refractivity contribution < 1.29 is 0 Å². The summed E-state index contributed by atoms with van der Waals surface area (Å²) in [7, 11) is 0. The van der Waals surface area contributed by atoms with Gasteiger partial charge in [-0.25, -0.2) is 0 Å². The molecule has 0 saturated carbocycles. The van der Waals surface area contributed by atoms with Crippen LogP contribution in [0.5, 0.6) is 0 Å². The molecule has 2 nitrogen and oxygen atoms in total. The van der Waals surface area contributed by atoms with Gasteiger partial charge in [0.25, 0.3) is 0 Å². The molecule has 1 aliphatic heterocycles. The predicted octanol–water partition coefficient (Wildman–Crippen LogP) is 2.43. The van der Waals surface area contributed by atoms with Gasteiger partial charge in [-0.3, -0.25) is 4.90 Å². The summed E-state index contributed by atoms with van der Waals surface area (Å²) in [6.07, 6.45) is 8.39. The fraction of sp³-hybridized carbons (Fsp3) is 0.692. The van der Waals surface area contributed by atoms with E-state index in [0.29, 0.717) is 0 Å². The van der Waals surface area contributed by atoms with Crippen LogP contribution in [0.2, 0.25) is 0 Å². The van der Waals surface area contributed by atoms with Crippen LogP contribution in [0.25, 0.3) is 0 Å². The molecule has 0 radical (unpaired) electrons. The van der Waals surface area contributed by atoms with E-state index in [0.717, 1.165) is 18.7 Å². The highest BCUT2D eigenvalue weighted by Crippen LogP contribution is 2.25. The molecule has 0 bridgehead atoms. The second kappa shape index (κ2) is 4.84. The Balaban J connectivity index is 2.06. The molecule has 0 aromatic heterocycles. The zero-order chi connectivity index (χ0) is 10.7. The Kier molecular flexibility index (Phi) is 3.47. The third kappa shape index (κ3) is 2.63. The van der Waals surface area contributed by atoms with Gasteiger partial charge in [0.2, 0.25) is 0 Å². The van der Waals surface area contributed by atoms with Crippen LogP contribution in [0.3, 0.4) is 0 Å². The summed E-state index contributed by atoms with van der Waals surface area (Å²) in [6.45, 7) is 5.93. The van der Waals surface area contributed by atoms with Gasteiger partial charge in [0, 0.05) is 12.2 Å². The van der Waals surface area contributed by atoms with Gasteiger partial charge in [0.1, 0.15) is 0 Å². The van der Waals surface area contributed by atoms with Crippen molar-refractivity contribution in [2.75, 3.05) is 19.6 Å². The summed E-state index contributed by atoms with van der Waals surface area (Å²) in [4.78, 5) is 2.56. The highest BCUT2D eigenvalue weighted by Gasteiger charge is 2.16. The summed E-state index contributed by atoms with van der Waals surface area (Å²) in [5.74, 6) is 0. The maximum absolute atomic E-state index is 5.92. The van der Waals surface area contributed by atoms with Crippen LogP contribution in [-0.4, -0.2) is 24.5 Å². The van der Waals surface area contributed by atoms with Gasteiger partial charge in [-0.15, -0.1) is 0 Å². The fourth-order valence-corrected chi connectivity index (χ4v) is 2.60. The molecule has 1 fully saturated rings. The van der Waals surface area contributed by atoms with E-state index in [1.165, 1.54) is 44.3 Å². The minimum Gasteiger partial charge on any atom is -0.402 e. The second-order valence-corrected chi connectivity index (χ2v) is 4.68. The molecule has 2 aliphatic rings. The third-order valence-corrected chi connectivity index (χ3v) is 3.55. The number of likely N-dealkylation sites (tertiary alicyclic amines) is 1. The van der Waals surface area contributed by atoms with Crippen molar-refractivity contribution >= 4 is 0 Å². The molecule has 2 N–H and O–H groups in total. The van der Waals surface area contributed by atoms with Crippen LogP contribution < -0.4 is 5.73 Å². The zero-order valence-corrected chi connectivity index (χ0v) is 9.76. The average Bonchev–Trinajstić information content (AvgIpc) is 2.71. The molecule has 0 atom stereocenters. The Morgan fingerprint density at radius 2 is 2.00 bits per heavy atom. The Labute approximate surface area is 92.8 Å². The van der Waals surface area contributed by atoms with Crippen LogP contribution in [-0.2, 0) is 0 Å². The summed E-state index contributed by atoms with van der Waals surface area (Å²) >= 11 is 0. The molecule has 84 valence electrons. The van der Waals surface area contributed by atoms with E-state index < -0.39 is 0 Å².